The Balaban J connectivity index is 1.82. The van der Waals surface area contributed by atoms with Gasteiger partial charge in [-0.05, 0) is 46.5 Å². The topological polar surface area (TPSA) is 34.1 Å². The van der Waals surface area contributed by atoms with Crippen molar-refractivity contribution in [1.29, 1.82) is 0 Å². The molecule has 0 heterocycles. The van der Waals surface area contributed by atoms with Crippen LogP contribution in [-0.4, -0.2) is 8.42 Å². The predicted octanol–water partition coefficient (Wildman–Crippen LogP) is 8.62. The van der Waals surface area contributed by atoms with Gasteiger partial charge in [0.1, 0.15) is 10.5 Å². The van der Waals surface area contributed by atoms with Gasteiger partial charge in [-0.15, -0.1) is 0 Å². The second-order valence-corrected chi connectivity index (χ2v) is 11.1. The lowest BCUT2D eigenvalue weighted by atomic mass is 10.1. The molecule has 0 N–H and O–H groups in total. The fourth-order valence-corrected chi connectivity index (χ4v) is 6.04. The zero-order valence-electron chi connectivity index (χ0n) is 18.8. The maximum Gasteiger partial charge on any atom is 0.171 e. The van der Waals surface area contributed by atoms with E-state index in [1.165, 1.54) is 0 Å². The lowest BCUT2D eigenvalue weighted by molar-refractivity contribution is 0.584. The molecule has 0 saturated carbocycles. The molecule has 4 rings (SSSR count). The first kappa shape index (κ1) is 25.0. The standard InChI is InChI=1S/C30H24Cl2O2S/c31-27-17-13-25(14-18-27)29(21-11-23-7-3-1-4-8-23)35(33,34)30(26-15-19-28(32)20-16-26)22-12-24-9-5-2-6-10-24/h1-22,29-30H. The van der Waals surface area contributed by atoms with E-state index in [0.29, 0.717) is 21.2 Å². The van der Waals surface area contributed by atoms with Crippen molar-refractivity contribution in [1.82, 2.24) is 0 Å². The van der Waals surface area contributed by atoms with Crippen molar-refractivity contribution in [3.8, 4) is 0 Å². The summed E-state index contributed by atoms with van der Waals surface area (Å²) in [5.74, 6) is 0. The van der Waals surface area contributed by atoms with E-state index in [-0.39, 0.29) is 0 Å². The van der Waals surface area contributed by atoms with Gasteiger partial charge in [-0.3, -0.25) is 0 Å². The van der Waals surface area contributed by atoms with Crippen molar-refractivity contribution in [2.45, 2.75) is 10.5 Å². The lowest BCUT2D eigenvalue weighted by Gasteiger charge is -2.22. The molecule has 0 radical (unpaired) electrons. The fourth-order valence-electron chi connectivity index (χ4n) is 3.81. The minimum Gasteiger partial charge on any atom is -0.227 e. The molecule has 2 atom stereocenters. The SMILES string of the molecule is O=S(=O)(C(C=Cc1ccccc1)c1ccc(Cl)cc1)C(C=Cc1ccccc1)c1ccc(Cl)cc1. The summed E-state index contributed by atoms with van der Waals surface area (Å²) in [6.07, 6.45) is 7.17. The summed E-state index contributed by atoms with van der Waals surface area (Å²) < 4.78 is 28.6. The molecule has 5 heteroatoms. The molecule has 0 aliphatic heterocycles. The van der Waals surface area contributed by atoms with Crippen LogP contribution in [0, 0.1) is 0 Å². The van der Waals surface area contributed by atoms with Crippen molar-refractivity contribution < 1.29 is 8.42 Å². The molecule has 35 heavy (non-hydrogen) atoms. The highest BCUT2D eigenvalue weighted by Gasteiger charge is 2.33. The van der Waals surface area contributed by atoms with E-state index in [9.17, 15) is 8.42 Å². The van der Waals surface area contributed by atoms with Gasteiger partial charge in [0.05, 0.1) is 0 Å². The van der Waals surface area contributed by atoms with Gasteiger partial charge in [0.15, 0.2) is 9.84 Å². The number of hydrogen-bond donors (Lipinski definition) is 0. The highest BCUT2D eigenvalue weighted by molar-refractivity contribution is 7.92. The molecule has 2 nitrogen and oxygen atoms in total. The number of hydrogen-bond acceptors (Lipinski definition) is 2. The van der Waals surface area contributed by atoms with Crippen molar-refractivity contribution in [3.05, 3.63) is 154 Å². The van der Waals surface area contributed by atoms with Crippen LogP contribution in [0.25, 0.3) is 12.2 Å². The van der Waals surface area contributed by atoms with Gasteiger partial charge >= 0.3 is 0 Å². The number of halogens is 2. The molecule has 4 aromatic rings. The van der Waals surface area contributed by atoms with E-state index in [1.54, 1.807) is 60.7 Å². The first-order valence-electron chi connectivity index (χ1n) is 11.1. The fraction of sp³-hybridized carbons (Fsp3) is 0.0667. The van der Waals surface area contributed by atoms with E-state index in [4.69, 9.17) is 23.2 Å². The molecule has 0 fully saturated rings. The molecular formula is C30H24Cl2O2S. The molecule has 0 aliphatic carbocycles. The van der Waals surface area contributed by atoms with Crippen molar-refractivity contribution in [2.24, 2.45) is 0 Å². The summed E-state index contributed by atoms with van der Waals surface area (Å²) in [7, 11) is -3.80. The Morgan fingerprint density at radius 3 is 1.20 bits per heavy atom. The van der Waals surface area contributed by atoms with E-state index < -0.39 is 20.3 Å². The van der Waals surface area contributed by atoms with E-state index in [2.05, 4.69) is 0 Å². The zero-order valence-corrected chi connectivity index (χ0v) is 21.2. The number of sulfone groups is 1. The molecule has 0 aliphatic rings. The molecular weight excluding hydrogens is 495 g/mol. The quantitative estimate of drug-likeness (QED) is 0.234. The maximum atomic E-state index is 14.3. The van der Waals surface area contributed by atoms with Gasteiger partial charge in [0.25, 0.3) is 0 Å². The molecule has 2 unspecified atom stereocenters. The van der Waals surface area contributed by atoms with Gasteiger partial charge in [-0.1, -0.05) is 132 Å². The summed E-state index contributed by atoms with van der Waals surface area (Å²) in [6, 6.07) is 33.2. The summed E-state index contributed by atoms with van der Waals surface area (Å²) in [5.41, 5.74) is 3.14. The summed E-state index contributed by atoms with van der Waals surface area (Å²) >= 11 is 12.2. The Hall–Kier alpha value is -3.11. The minimum atomic E-state index is -3.80. The Bertz CT molecular complexity index is 1290. The Kier molecular flexibility index (Phi) is 8.25. The first-order valence-corrected chi connectivity index (χ1v) is 13.5. The molecule has 176 valence electrons. The van der Waals surface area contributed by atoms with Crippen LogP contribution in [0.4, 0.5) is 0 Å². The van der Waals surface area contributed by atoms with Crippen LogP contribution in [0.3, 0.4) is 0 Å². The number of benzene rings is 4. The maximum absolute atomic E-state index is 14.3. The van der Waals surface area contributed by atoms with Gasteiger partial charge in [0, 0.05) is 10.0 Å². The van der Waals surface area contributed by atoms with Crippen LogP contribution in [-0.2, 0) is 9.84 Å². The Morgan fingerprint density at radius 2 is 0.857 bits per heavy atom. The molecule has 0 aromatic heterocycles. The predicted molar refractivity (Wildman–Crippen MR) is 148 cm³/mol. The monoisotopic (exact) mass is 518 g/mol. The van der Waals surface area contributed by atoms with E-state index in [0.717, 1.165) is 11.1 Å². The van der Waals surface area contributed by atoms with Gasteiger partial charge in [-0.2, -0.15) is 0 Å². The van der Waals surface area contributed by atoms with Gasteiger partial charge in [0.2, 0.25) is 0 Å². The third-order valence-electron chi connectivity index (χ3n) is 5.63. The van der Waals surface area contributed by atoms with Crippen LogP contribution < -0.4 is 0 Å². The average molecular weight is 519 g/mol. The van der Waals surface area contributed by atoms with Crippen molar-refractivity contribution in [3.63, 3.8) is 0 Å². The third kappa shape index (κ3) is 6.52. The Labute approximate surface area is 217 Å². The van der Waals surface area contributed by atoms with Crippen LogP contribution in [0.2, 0.25) is 10.0 Å². The highest BCUT2D eigenvalue weighted by Crippen LogP contribution is 2.38. The largest absolute Gasteiger partial charge is 0.227 e. The second-order valence-electron chi connectivity index (χ2n) is 8.07. The first-order chi connectivity index (χ1) is 16.9. The van der Waals surface area contributed by atoms with Crippen LogP contribution in [0.1, 0.15) is 32.8 Å². The average Bonchev–Trinajstić information content (AvgIpc) is 2.87. The third-order valence-corrected chi connectivity index (χ3v) is 8.41. The second kappa shape index (κ2) is 11.5. The number of rotatable bonds is 8. The smallest absolute Gasteiger partial charge is 0.171 e. The van der Waals surface area contributed by atoms with Crippen LogP contribution in [0.15, 0.2) is 121 Å². The normalized spacial score (nSPS) is 13.8. The van der Waals surface area contributed by atoms with Crippen LogP contribution in [0.5, 0.6) is 0 Å². The molecule has 0 bridgehead atoms. The summed E-state index contributed by atoms with van der Waals surface area (Å²) in [6.45, 7) is 0. The van der Waals surface area contributed by atoms with Crippen molar-refractivity contribution in [2.75, 3.05) is 0 Å². The van der Waals surface area contributed by atoms with Gasteiger partial charge in [-0.25, -0.2) is 8.42 Å². The minimum absolute atomic E-state index is 0.551. The molecule has 0 amide bonds. The van der Waals surface area contributed by atoms with Crippen LogP contribution >= 0.6 is 23.2 Å². The Morgan fingerprint density at radius 1 is 0.514 bits per heavy atom. The van der Waals surface area contributed by atoms with E-state index >= 15 is 0 Å². The summed E-state index contributed by atoms with van der Waals surface area (Å²) in [5, 5.41) is -0.674. The zero-order chi connectivity index (χ0) is 24.7. The molecule has 0 spiro atoms. The summed E-state index contributed by atoms with van der Waals surface area (Å²) in [4.78, 5) is 0. The van der Waals surface area contributed by atoms with Crippen molar-refractivity contribution >= 4 is 45.2 Å². The molecule has 4 aromatic carbocycles. The molecule has 0 saturated heterocycles. The van der Waals surface area contributed by atoms with E-state index in [1.807, 2.05) is 72.8 Å². The lowest BCUT2D eigenvalue weighted by Crippen LogP contribution is -2.19. The van der Waals surface area contributed by atoms with Gasteiger partial charge < -0.3 is 0 Å². The highest BCUT2D eigenvalue weighted by atomic mass is 35.5.